The molecule has 1 N–H and O–H groups in total. The van der Waals surface area contributed by atoms with Gasteiger partial charge >= 0.3 is 0 Å². The average molecular weight is 335 g/mol. The molecule has 24 heavy (non-hydrogen) atoms. The number of rotatable bonds is 5. The highest BCUT2D eigenvalue weighted by molar-refractivity contribution is 5.77. The van der Waals surface area contributed by atoms with E-state index in [0.29, 0.717) is 19.7 Å². The molecule has 1 fully saturated rings. The third kappa shape index (κ3) is 5.28. The summed E-state index contributed by atoms with van der Waals surface area (Å²) in [6.45, 7) is 2.98. The first kappa shape index (κ1) is 18.4. The van der Waals surface area contributed by atoms with Gasteiger partial charge in [0.25, 0.3) is 0 Å². The fraction of sp³-hybridized carbons (Fsp3) is 0.588. The fourth-order valence-electron chi connectivity index (χ4n) is 2.68. The Balaban J connectivity index is 1.90. The van der Waals surface area contributed by atoms with E-state index in [1.807, 2.05) is 12.1 Å². The van der Waals surface area contributed by atoms with Crippen molar-refractivity contribution in [1.82, 2.24) is 14.8 Å². The molecular weight excluding hydrogens is 310 g/mol. The van der Waals surface area contributed by atoms with Crippen molar-refractivity contribution < 1.29 is 19.4 Å². The molecule has 2 amide bonds. The van der Waals surface area contributed by atoms with Crippen LogP contribution < -0.4 is 0 Å². The molecule has 0 saturated carbocycles. The van der Waals surface area contributed by atoms with Crippen molar-refractivity contribution in [2.24, 2.45) is 0 Å². The number of pyridine rings is 1. The lowest BCUT2D eigenvalue weighted by molar-refractivity contribution is -0.141. The number of nitrogens with zero attached hydrogens (tertiary/aromatic N) is 3. The van der Waals surface area contributed by atoms with Gasteiger partial charge in [-0.2, -0.15) is 0 Å². The van der Waals surface area contributed by atoms with Gasteiger partial charge in [-0.25, -0.2) is 0 Å². The molecule has 0 radical (unpaired) electrons. The normalized spacial score (nSPS) is 21.2. The largest absolute Gasteiger partial charge is 0.385 e. The van der Waals surface area contributed by atoms with Crippen molar-refractivity contribution >= 4 is 11.8 Å². The van der Waals surface area contributed by atoms with Crippen LogP contribution in [0.25, 0.3) is 0 Å². The van der Waals surface area contributed by atoms with Crippen molar-refractivity contribution in [2.45, 2.75) is 25.4 Å². The van der Waals surface area contributed by atoms with Crippen molar-refractivity contribution in [3.05, 3.63) is 30.1 Å². The maximum absolute atomic E-state index is 12.4. The quantitative estimate of drug-likeness (QED) is 0.824. The number of β-amino-alcohol motifs (C(OH)–C–C–N with tert-alkyl or cyclic N) is 1. The maximum atomic E-state index is 12.4. The molecule has 7 nitrogen and oxygen atoms in total. The highest BCUT2D eigenvalue weighted by atomic mass is 16.5. The van der Waals surface area contributed by atoms with E-state index in [1.165, 1.54) is 11.8 Å². The van der Waals surface area contributed by atoms with Crippen LogP contribution >= 0.6 is 0 Å². The minimum atomic E-state index is -1.34. The topological polar surface area (TPSA) is 83.0 Å². The van der Waals surface area contributed by atoms with Gasteiger partial charge < -0.3 is 19.6 Å². The number of aliphatic hydroxyl groups is 1. The molecule has 1 saturated heterocycles. The Kier molecular flexibility index (Phi) is 6.28. The molecular formula is C17H25N3O4. The molecule has 0 aromatic carbocycles. The van der Waals surface area contributed by atoms with Gasteiger partial charge in [0.05, 0.1) is 26.2 Å². The molecule has 2 rings (SSSR count). The van der Waals surface area contributed by atoms with E-state index in [0.717, 1.165) is 12.0 Å². The van der Waals surface area contributed by atoms with Crippen LogP contribution in [0.3, 0.4) is 0 Å². The first-order valence-electron chi connectivity index (χ1n) is 8.08. The second kappa shape index (κ2) is 8.21. The number of carbonyl (C=O) groups excluding carboxylic acids is 2. The molecule has 132 valence electrons. The number of amides is 2. The molecule has 2 heterocycles. The molecule has 7 heteroatoms. The highest BCUT2D eigenvalue weighted by Crippen LogP contribution is 2.18. The van der Waals surface area contributed by atoms with E-state index in [4.69, 9.17) is 4.74 Å². The third-order valence-corrected chi connectivity index (χ3v) is 4.20. The number of aromatic nitrogens is 1. The Hall–Kier alpha value is -1.99. The summed E-state index contributed by atoms with van der Waals surface area (Å²) in [7, 11) is 1.72. The second-order valence-corrected chi connectivity index (χ2v) is 6.32. The molecule has 0 spiro atoms. The van der Waals surface area contributed by atoms with Crippen molar-refractivity contribution in [1.29, 1.82) is 0 Å². The van der Waals surface area contributed by atoms with Gasteiger partial charge in [-0.15, -0.1) is 0 Å². The van der Waals surface area contributed by atoms with Gasteiger partial charge in [-0.3, -0.25) is 14.6 Å². The molecule has 1 atom stereocenters. The van der Waals surface area contributed by atoms with Crippen LogP contribution in [0.1, 0.15) is 18.9 Å². The number of likely N-dealkylation sites (N-methyl/N-ethyl adjacent to an activating group) is 1. The molecule has 1 aliphatic heterocycles. The Bertz CT molecular complexity index is 566. The summed E-state index contributed by atoms with van der Waals surface area (Å²) in [5, 5.41) is 10.7. The third-order valence-electron chi connectivity index (χ3n) is 4.20. The average Bonchev–Trinajstić information content (AvgIpc) is 2.75. The summed E-state index contributed by atoms with van der Waals surface area (Å²) >= 11 is 0. The Morgan fingerprint density at radius 3 is 2.79 bits per heavy atom. The zero-order chi connectivity index (χ0) is 17.6. The summed E-state index contributed by atoms with van der Waals surface area (Å²) in [4.78, 5) is 31.1. The minimum absolute atomic E-state index is 0.0563. The SMILES string of the molecule is CC(=O)N1CCOCC(O)(CC(=O)N(C)CCc2ccncc2)C1. The molecule has 0 bridgehead atoms. The lowest BCUT2D eigenvalue weighted by Gasteiger charge is -2.31. The summed E-state index contributed by atoms with van der Waals surface area (Å²) in [5.41, 5.74) is -0.242. The van der Waals surface area contributed by atoms with Crippen molar-refractivity contribution in [2.75, 3.05) is 39.9 Å². The van der Waals surface area contributed by atoms with Gasteiger partial charge in [0.15, 0.2) is 0 Å². The number of ether oxygens (including phenoxy) is 1. The van der Waals surface area contributed by atoms with Crippen LogP contribution in [0.15, 0.2) is 24.5 Å². The Labute approximate surface area is 142 Å². The predicted octanol–water partition coefficient (Wildman–Crippen LogP) is 0.0824. The highest BCUT2D eigenvalue weighted by Gasteiger charge is 2.36. The Morgan fingerprint density at radius 2 is 2.12 bits per heavy atom. The van der Waals surface area contributed by atoms with Gasteiger partial charge in [0.1, 0.15) is 5.60 Å². The van der Waals surface area contributed by atoms with Crippen LogP contribution in [-0.4, -0.2) is 77.2 Å². The predicted molar refractivity (Wildman–Crippen MR) is 88.2 cm³/mol. The van der Waals surface area contributed by atoms with Gasteiger partial charge in [-0.05, 0) is 24.1 Å². The molecule has 0 aliphatic carbocycles. The summed E-state index contributed by atoms with van der Waals surface area (Å²) in [6.07, 6.45) is 4.10. The summed E-state index contributed by atoms with van der Waals surface area (Å²) < 4.78 is 5.38. The van der Waals surface area contributed by atoms with E-state index >= 15 is 0 Å². The molecule has 1 aromatic heterocycles. The zero-order valence-corrected chi connectivity index (χ0v) is 14.3. The molecule has 1 aromatic rings. The van der Waals surface area contributed by atoms with Gasteiger partial charge in [0, 0.05) is 39.5 Å². The Morgan fingerprint density at radius 1 is 1.42 bits per heavy atom. The van der Waals surface area contributed by atoms with Crippen LogP contribution in [-0.2, 0) is 20.7 Å². The maximum Gasteiger partial charge on any atom is 0.225 e. The standard InChI is InChI=1S/C17H25N3O4/c1-14(21)20-9-10-24-13-17(23,12-20)11-16(22)19(2)8-5-15-3-6-18-7-4-15/h3-4,6-7,23H,5,8-13H2,1-2H3. The molecule has 1 aliphatic rings. The number of carbonyl (C=O) groups is 2. The summed E-state index contributed by atoms with van der Waals surface area (Å²) in [5.74, 6) is -0.294. The number of hydrogen-bond acceptors (Lipinski definition) is 5. The number of hydrogen-bond donors (Lipinski definition) is 1. The van der Waals surface area contributed by atoms with E-state index < -0.39 is 5.60 Å². The van der Waals surface area contributed by atoms with Crippen molar-refractivity contribution in [3.63, 3.8) is 0 Å². The van der Waals surface area contributed by atoms with Crippen LogP contribution in [0.5, 0.6) is 0 Å². The first-order chi connectivity index (χ1) is 11.4. The van der Waals surface area contributed by atoms with Crippen molar-refractivity contribution in [3.8, 4) is 0 Å². The zero-order valence-electron chi connectivity index (χ0n) is 14.3. The van der Waals surface area contributed by atoms with Crippen LogP contribution in [0, 0.1) is 0 Å². The lowest BCUT2D eigenvalue weighted by atomic mass is 9.99. The van der Waals surface area contributed by atoms with Crippen LogP contribution in [0.2, 0.25) is 0 Å². The lowest BCUT2D eigenvalue weighted by Crippen LogP contribution is -2.49. The van der Waals surface area contributed by atoms with Gasteiger partial charge in [-0.1, -0.05) is 0 Å². The van der Waals surface area contributed by atoms with E-state index in [-0.39, 0.29) is 31.4 Å². The fourth-order valence-corrected chi connectivity index (χ4v) is 2.68. The van der Waals surface area contributed by atoms with E-state index in [2.05, 4.69) is 4.98 Å². The smallest absolute Gasteiger partial charge is 0.225 e. The first-order valence-corrected chi connectivity index (χ1v) is 8.08. The monoisotopic (exact) mass is 335 g/mol. The molecule has 1 unspecified atom stereocenters. The minimum Gasteiger partial charge on any atom is -0.385 e. The second-order valence-electron chi connectivity index (χ2n) is 6.32. The van der Waals surface area contributed by atoms with Gasteiger partial charge in [0.2, 0.25) is 11.8 Å². The van der Waals surface area contributed by atoms with E-state index in [1.54, 1.807) is 24.3 Å². The summed E-state index contributed by atoms with van der Waals surface area (Å²) in [6, 6.07) is 3.82. The van der Waals surface area contributed by atoms with E-state index in [9.17, 15) is 14.7 Å². The van der Waals surface area contributed by atoms with Crippen LogP contribution in [0.4, 0.5) is 0 Å².